The molecule has 6 heteroatoms. The number of aliphatic hydroxyl groups excluding tert-OH is 1. The summed E-state index contributed by atoms with van der Waals surface area (Å²) in [4.78, 5) is 6.54. The Hall–Kier alpha value is -1.14. The van der Waals surface area contributed by atoms with Crippen molar-refractivity contribution in [2.45, 2.75) is 31.9 Å². The van der Waals surface area contributed by atoms with Crippen LogP contribution < -0.4 is 10.2 Å². The lowest BCUT2D eigenvalue weighted by atomic mass is 9.94. The lowest BCUT2D eigenvalue weighted by molar-refractivity contribution is 0.189. The van der Waals surface area contributed by atoms with Gasteiger partial charge < -0.3 is 15.3 Å². The van der Waals surface area contributed by atoms with Gasteiger partial charge >= 0.3 is 0 Å². The summed E-state index contributed by atoms with van der Waals surface area (Å²) in [6, 6.07) is 0.581. The topological polar surface area (TPSA) is 77.1 Å². The SMILES string of the molecule is C[C@H](O)c1nc(N2CC3CCCNC3C2)n[nH]1. The molecule has 1 aromatic heterocycles. The molecule has 0 aliphatic carbocycles. The normalized spacial score (nSPS) is 30.4. The Kier molecular flexibility index (Phi) is 2.76. The Bertz CT molecular complexity index is 377. The third-order valence-electron chi connectivity index (χ3n) is 3.77. The minimum atomic E-state index is -0.584. The van der Waals surface area contributed by atoms with Crippen LogP contribution >= 0.6 is 0 Å². The predicted molar refractivity (Wildman–Crippen MR) is 63.7 cm³/mol. The molecule has 94 valence electrons. The number of aromatic amines is 1. The second kappa shape index (κ2) is 4.27. The van der Waals surface area contributed by atoms with E-state index in [0.717, 1.165) is 31.5 Å². The Morgan fingerprint density at radius 1 is 1.47 bits per heavy atom. The first-order chi connectivity index (χ1) is 8.24. The molecule has 1 aromatic rings. The van der Waals surface area contributed by atoms with Gasteiger partial charge in [0.2, 0.25) is 5.95 Å². The highest BCUT2D eigenvalue weighted by Gasteiger charge is 2.35. The van der Waals surface area contributed by atoms with E-state index in [1.54, 1.807) is 6.92 Å². The molecule has 6 nitrogen and oxygen atoms in total. The molecular formula is C11H19N5O. The second-order valence-corrected chi connectivity index (χ2v) is 5.06. The van der Waals surface area contributed by atoms with Gasteiger partial charge in [-0.2, -0.15) is 4.98 Å². The Labute approximate surface area is 100 Å². The highest BCUT2D eigenvalue weighted by Crippen LogP contribution is 2.27. The van der Waals surface area contributed by atoms with Crippen LogP contribution in [0.15, 0.2) is 0 Å². The summed E-state index contributed by atoms with van der Waals surface area (Å²) < 4.78 is 0. The number of hydrogen-bond acceptors (Lipinski definition) is 5. The van der Waals surface area contributed by atoms with Crippen molar-refractivity contribution in [2.75, 3.05) is 24.5 Å². The second-order valence-electron chi connectivity index (χ2n) is 5.06. The monoisotopic (exact) mass is 237 g/mol. The number of fused-ring (bicyclic) bond motifs is 1. The van der Waals surface area contributed by atoms with Gasteiger partial charge in [-0.15, -0.1) is 5.10 Å². The molecule has 0 aromatic carbocycles. The van der Waals surface area contributed by atoms with Crippen molar-refractivity contribution >= 4 is 5.95 Å². The number of nitrogens with zero attached hydrogens (tertiary/aromatic N) is 3. The van der Waals surface area contributed by atoms with Gasteiger partial charge in [0, 0.05) is 19.1 Å². The molecule has 3 rings (SSSR count). The van der Waals surface area contributed by atoms with Gasteiger partial charge in [-0.1, -0.05) is 0 Å². The van der Waals surface area contributed by atoms with Gasteiger partial charge in [0.1, 0.15) is 6.10 Å². The van der Waals surface area contributed by atoms with Crippen molar-refractivity contribution in [3.05, 3.63) is 5.82 Å². The molecule has 0 saturated carbocycles. The van der Waals surface area contributed by atoms with Crippen LogP contribution in [0.5, 0.6) is 0 Å². The predicted octanol–water partition coefficient (Wildman–Crippen LogP) is 0.0462. The number of nitrogens with one attached hydrogen (secondary N) is 2. The van der Waals surface area contributed by atoms with Crippen LogP contribution in [0.25, 0.3) is 0 Å². The number of aromatic nitrogens is 3. The van der Waals surface area contributed by atoms with Crippen LogP contribution in [0, 0.1) is 5.92 Å². The molecule has 2 aliphatic heterocycles. The number of aliphatic hydroxyl groups is 1. The lowest BCUT2D eigenvalue weighted by Gasteiger charge is -2.24. The minimum absolute atomic E-state index is 0.544. The zero-order chi connectivity index (χ0) is 11.8. The minimum Gasteiger partial charge on any atom is -0.385 e. The maximum Gasteiger partial charge on any atom is 0.244 e. The van der Waals surface area contributed by atoms with Crippen LogP contribution in [0.1, 0.15) is 31.7 Å². The van der Waals surface area contributed by atoms with E-state index >= 15 is 0 Å². The quantitative estimate of drug-likeness (QED) is 0.677. The zero-order valence-corrected chi connectivity index (χ0v) is 10.1. The summed E-state index contributed by atoms with van der Waals surface area (Å²) >= 11 is 0. The van der Waals surface area contributed by atoms with Crippen LogP contribution in [-0.2, 0) is 0 Å². The fourth-order valence-electron chi connectivity index (χ4n) is 2.80. The number of H-pyrrole nitrogens is 1. The molecule has 0 radical (unpaired) electrons. The van der Waals surface area contributed by atoms with Crippen LogP contribution in [0.3, 0.4) is 0 Å². The van der Waals surface area contributed by atoms with E-state index in [1.165, 1.54) is 12.8 Å². The van der Waals surface area contributed by atoms with Gasteiger partial charge in [0.15, 0.2) is 5.82 Å². The molecule has 3 N–H and O–H groups in total. The van der Waals surface area contributed by atoms with Crippen molar-refractivity contribution in [2.24, 2.45) is 5.92 Å². The third kappa shape index (κ3) is 2.02. The largest absolute Gasteiger partial charge is 0.385 e. The van der Waals surface area contributed by atoms with E-state index < -0.39 is 6.10 Å². The fraction of sp³-hybridized carbons (Fsp3) is 0.818. The van der Waals surface area contributed by atoms with Crippen LogP contribution in [-0.4, -0.2) is 46.0 Å². The van der Waals surface area contributed by atoms with E-state index in [0.29, 0.717) is 11.9 Å². The van der Waals surface area contributed by atoms with E-state index in [-0.39, 0.29) is 0 Å². The first kappa shape index (κ1) is 11.0. The Morgan fingerprint density at radius 2 is 2.35 bits per heavy atom. The highest BCUT2D eigenvalue weighted by molar-refractivity contribution is 5.32. The first-order valence-corrected chi connectivity index (χ1v) is 6.33. The zero-order valence-electron chi connectivity index (χ0n) is 10.1. The summed E-state index contributed by atoms with van der Waals surface area (Å²) in [6.45, 7) is 4.81. The molecule has 2 fully saturated rings. The maximum absolute atomic E-state index is 9.42. The van der Waals surface area contributed by atoms with Crippen molar-refractivity contribution in [3.63, 3.8) is 0 Å². The molecule has 0 amide bonds. The van der Waals surface area contributed by atoms with E-state index in [4.69, 9.17) is 0 Å². The molecular weight excluding hydrogens is 218 g/mol. The third-order valence-corrected chi connectivity index (χ3v) is 3.77. The van der Waals surface area contributed by atoms with Crippen molar-refractivity contribution in [1.29, 1.82) is 0 Å². The van der Waals surface area contributed by atoms with Crippen molar-refractivity contribution < 1.29 is 5.11 Å². The summed E-state index contributed by atoms with van der Waals surface area (Å²) in [5.41, 5.74) is 0. The molecule has 0 bridgehead atoms. The van der Waals surface area contributed by atoms with Gasteiger partial charge in [-0.3, -0.25) is 5.10 Å². The molecule has 2 saturated heterocycles. The molecule has 3 heterocycles. The van der Waals surface area contributed by atoms with Gasteiger partial charge in [-0.25, -0.2) is 0 Å². The average molecular weight is 237 g/mol. The number of rotatable bonds is 2. The molecule has 2 aliphatic rings. The van der Waals surface area contributed by atoms with Gasteiger partial charge in [0.25, 0.3) is 0 Å². The maximum atomic E-state index is 9.42. The molecule has 17 heavy (non-hydrogen) atoms. The van der Waals surface area contributed by atoms with Crippen LogP contribution in [0.2, 0.25) is 0 Å². The number of piperidine rings is 1. The van der Waals surface area contributed by atoms with E-state index in [1.807, 2.05) is 0 Å². The molecule has 3 atom stereocenters. The summed E-state index contributed by atoms with van der Waals surface area (Å²) in [7, 11) is 0. The van der Waals surface area contributed by atoms with Crippen molar-refractivity contribution in [3.8, 4) is 0 Å². The van der Waals surface area contributed by atoms with Crippen LogP contribution in [0.4, 0.5) is 5.95 Å². The van der Waals surface area contributed by atoms with E-state index in [2.05, 4.69) is 25.4 Å². The Balaban J connectivity index is 1.72. The average Bonchev–Trinajstić information content (AvgIpc) is 2.95. The lowest BCUT2D eigenvalue weighted by Crippen LogP contribution is -2.40. The van der Waals surface area contributed by atoms with Gasteiger partial charge in [0.05, 0.1) is 0 Å². The molecule has 2 unspecified atom stereocenters. The van der Waals surface area contributed by atoms with Gasteiger partial charge in [-0.05, 0) is 32.2 Å². The summed E-state index contributed by atoms with van der Waals surface area (Å²) in [6.07, 6.45) is 1.98. The number of anilines is 1. The first-order valence-electron chi connectivity index (χ1n) is 6.33. The summed E-state index contributed by atoms with van der Waals surface area (Å²) in [5.74, 6) is 1.98. The smallest absolute Gasteiger partial charge is 0.244 e. The fourth-order valence-corrected chi connectivity index (χ4v) is 2.80. The Morgan fingerprint density at radius 3 is 3.06 bits per heavy atom. The van der Waals surface area contributed by atoms with Crippen molar-refractivity contribution in [1.82, 2.24) is 20.5 Å². The highest BCUT2D eigenvalue weighted by atomic mass is 16.3. The number of hydrogen-bond donors (Lipinski definition) is 3. The summed E-state index contributed by atoms with van der Waals surface area (Å²) in [5, 5.41) is 19.9. The molecule has 0 spiro atoms. The van der Waals surface area contributed by atoms with E-state index in [9.17, 15) is 5.11 Å². The standard InChI is InChI=1S/C11H19N5O/c1-7(17)10-13-11(15-14-10)16-5-8-3-2-4-12-9(8)6-16/h7-9,12,17H,2-6H2,1H3,(H,13,14,15)/t7-,8?,9?/m0/s1.